The van der Waals surface area contributed by atoms with E-state index in [1.165, 1.54) is 11.6 Å². The predicted molar refractivity (Wildman–Crippen MR) is 111 cm³/mol. The molecule has 1 aliphatic heterocycles. The summed E-state index contributed by atoms with van der Waals surface area (Å²) in [7, 11) is 0. The third-order valence-corrected chi connectivity index (χ3v) is 5.10. The fraction of sp³-hybridized carbons (Fsp3) is 0.350. The number of nitrogens with one attached hydrogen (secondary N) is 1. The smallest absolute Gasteiger partial charge is 0.294 e. The summed E-state index contributed by atoms with van der Waals surface area (Å²) < 4.78 is 0. The number of anilines is 2. The van der Waals surface area contributed by atoms with Crippen LogP contribution in [0.15, 0.2) is 42.5 Å². The molecular weight excluding hydrogens is 380 g/mol. The van der Waals surface area contributed by atoms with Gasteiger partial charge in [0.2, 0.25) is 5.91 Å². The number of hydrogen-bond donors (Lipinski definition) is 1. The fourth-order valence-corrected chi connectivity index (χ4v) is 3.45. The lowest BCUT2D eigenvalue weighted by atomic mass is 10.1. The zero-order chi connectivity index (χ0) is 20.1. The van der Waals surface area contributed by atoms with Gasteiger partial charge in [-0.05, 0) is 36.2 Å². The van der Waals surface area contributed by atoms with Crippen LogP contribution in [-0.4, -0.2) is 48.5 Å². The Kier molecular flexibility index (Phi) is 6.49. The van der Waals surface area contributed by atoms with Gasteiger partial charge in [-0.15, -0.1) is 0 Å². The molecule has 1 aliphatic rings. The van der Waals surface area contributed by atoms with Crippen molar-refractivity contribution >= 4 is 34.6 Å². The summed E-state index contributed by atoms with van der Waals surface area (Å²) in [5.41, 5.74) is 2.59. The molecule has 0 spiro atoms. The second-order valence-electron chi connectivity index (χ2n) is 6.75. The quantitative estimate of drug-likeness (QED) is 0.590. The number of amides is 1. The van der Waals surface area contributed by atoms with Crippen molar-refractivity contribution in [1.82, 2.24) is 4.90 Å². The van der Waals surface area contributed by atoms with E-state index in [1.807, 2.05) is 34.1 Å². The zero-order valence-corrected chi connectivity index (χ0v) is 16.5. The van der Waals surface area contributed by atoms with Gasteiger partial charge >= 0.3 is 0 Å². The number of hydrogen-bond acceptors (Lipinski definition) is 5. The highest BCUT2D eigenvalue weighted by atomic mass is 35.5. The van der Waals surface area contributed by atoms with E-state index in [9.17, 15) is 14.9 Å². The molecule has 7 nitrogen and oxygen atoms in total. The molecule has 2 aromatic rings. The third kappa shape index (κ3) is 4.99. The number of carbonyl (C=O) groups excluding carboxylic acids is 1. The van der Waals surface area contributed by atoms with E-state index in [-0.39, 0.29) is 11.6 Å². The maximum absolute atomic E-state index is 12.3. The molecule has 1 amide bonds. The summed E-state index contributed by atoms with van der Waals surface area (Å²) >= 11 is 5.89. The summed E-state index contributed by atoms with van der Waals surface area (Å²) in [6.07, 6.45) is 0.963. The second kappa shape index (κ2) is 9.03. The van der Waals surface area contributed by atoms with E-state index in [2.05, 4.69) is 12.2 Å². The van der Waals surface area contributed by atoms with Crippen LogP contribution in [-0.2, 0) is 11.2 Å². The predicted octanol–water partition coefficient (Wildman–Crippen LogP) is 3.57. The number of aryl methyl sites for hydroxylation is 1. The number of rotatable bonds is 6. The highest BCUT2D eigenvalue weighted by molar-refractivity contribution is 6.30. The van der Waals surface area contributed by atoms with E-state index in [4.69, 9.17) is 11.6 Å². The molecule has 1 fully saturated rings. The van der Waals surface area contributed by atoms with Crippen molar-refractivity contribution in [3.05, 3.63) is 63.2 Å². The molecule has 2 aromatic carbocycles. The largest absolute Gasteiger partial charge is 0.363 e. The first kappa shape index (κ1) is 20.1. The Balaban J connectivity index is 1.54. The van der Waals surface area contributed by atoms with Crippen LogP contribution in [0.5, 0.6) is 0 Å². The minimum Gasteiger partial charge on any atom is -0.363 e. The van der Waals surface area contributed by atoms with Crippen LogP contribution in [0.3, 0.4) is 0 Å². The molecule has 0 aliphatic carbocycles. The fourth-order valence-electron chi connectivity index (χ4n) is 3.28. The molecule has 1 saturated heterocycles. The van der Waals surface area contributed by atoms with Crippen LogP contribution in [0, 0.1) is 10.1 Å². The molecule has 0 saturated carbocycles. The Morgan fingerprint density at radius 2 is 1.82 bits per heavy atom. The molecule has 1 N–H and O–H groups in total. The number of nitrogens with zero attached hydrogens (tertiary/aromatic N) is 3. The van der Waals surface area contributed by atoms with Crippen molar-refractivity contribution in [2.24, 2.45) is 0 Å². The summed E-state index contributed by atoms with van der Waals surface area (Å²) in [6, 6.07) is 12.6. The van der Waals surface area contributed by atoms with Crippen molar-refractivity contribution in [2.45, 2.75) is 13.3 Å². The first-order chi connectivity index (χ1) is 13.5. The molecule has 3 rings (SSSR count). The average Bonchev–Trinajstić information content (AvgIpc) is 2.69. The Hall–Kier alpha value is -2.64. The standard InChI is InChI=1S/C20H23ClN4O3/c1-2-15-3-6-17(7-4-15)22-20(26)14-23-9-11-24(12-10-23)18-8-5-16(21)13-19(18)25(27)28/h3-8,13H,2,9-12,14H2,1H3,(H,22,26). The molecule has 0 unspecified atom stereocenters. The van der Waals surface area contributed by atoms with E-state index >= 15 is 0 Å². The van der Waals surface area contributed by atoms with Gasteiger partial charge in [0.15, 0.2) is 0 Å². The van der Waals surface area contributed by atoms with E-state index in [0.717, 1.165) is 12.1 Å². The van der Waals surface area contributed by atoms with Crippen LogP contribution in [0.4, 0.5) is 17.1 Å². The van der Waals surface area contributed by atoms with Gasteiger partial charge in [0.1, 0.15) is 5.69 Å². The van der Waals surface area contributed by atoms with Crippen LogP contribution < -0.4 is 10.2 Å². The van der Waals surface area contributed by atoms with Crippen LogP contribution >= 0.6 is 11.6 Å². The molecule has 0 radical (unpaired) electrons. The van der Waals surface area contributed by atoms with Crippen molar-refractivity contribution in [3.63, 3.8) is 0 Å². The molecule has 1 heterocycles. The molecule has 8 heteroatoms. The Labute approximate surface area is 169 Å². The first-order valence-electron chi connectivity index (χ1n) is 9.26. The molecule has 28 heavy (non-hydrogen) atoms. The number of nitro groups is 1. The van der Waals surface area contributed by atoms with E-state index in [1.54, 1.807) is 12.1 Å². The minimum absolute atomic E-state index is 0.00854. The number of halogens is 1. The number of piperazine rings is 1. The van der Waals surface area contributed by atoms with Crippen LogP contribution in [0.2, 0.25) is 5.02 Å². The van der Waals surface area contributed by atoms with Gasteiger partial charge < -0.3 is 10.2 Å². The normalized spacial score (nSPS) is 14.7. The van der Waals surface area contributed by atoms with E-state index < -0.39 is 4.92 Å². The van der Waals surface area contributed by atoms with Gasteiger partial charge in [0.05, 0.1) is 11.5 Å². The monoisotopic (exact) mass is 402 g/mol. The van der Waals surface area contributed by atoms with Crippen molar-refractivity contribution < 1.29 is 9.72 Å². The van der Waals surface area contributed by atoms with Gasteiger partial charge in [-0.2, -0.15) is 0 Å². The van der Waals surface area contributed by atoms with Gasteiger partial charge in [0, 0.05) is 43.0 Å². The summed E-state index contributed by atoms with van der Waals surface area (Å²) in [5, 5.41) is 14.6. The Morgan fingerprint density at radius 1 is 1.14 bits per heavy atom. The lowest BCUT2D eigenvalue weighted by molar-refractivity contribution is -0.384. The highest BCUT2D eigenvalue weighted by Gasteiger charge is 2.24. The molecular formula is C20H23ClN4O3. The Morgan fingerprint density at radius 3 is 2.43 bits per heavy atom. The molecule has 0 atom stereocenters. The topological polar surface area (TPSA) is 78.7 Å². The second-order valence-corrected chi connectivity index (χ2v) is 7.19. The van der Waals surface area contributed by atoms with E-state index in [0.29, 0.717) is 43.4 Å². The maximum atomic E-state index is 12.3. The Bertz CT molecular complexity index is 849. The number of nitro benzene ring substituents is 1. The van der Waals surface area contributed by atoms with Gasteiger partial charge in [-0.25, -0.2) is 0 Å². The highest BCUT2D eigenvalue weighted by Crippen LogP contribution is 2.31. The van der Waals surface area contributed by atoms with Gasteiger partial charge in [-0.1, -0.05) is 30.7 Å². The van der Waals surface area contributed by atoms with Crippen molar-refractivity contribution in [1.29, 1.82) is 0 Å². The minimum atomic E-state index is -0.412. The summed E-state index contributed by atoms with van der Waals surface area (Å²) in [4.78, 5) is 27.2. The molecule has 148 valence electrons. The number of benzene rings is 2. The summed E-state index contributed by atoms with van der Waals surface area (Å²) in [6.45, 7) is 4.92. The molecule has 0 bridgehead atoms. The van der Waals surface area contributed by atoms with Crippen LogP contribution in [0.25, 0.3) is 0 Å². The van der Waals surface area contributed by atoms with Gasteiger partial charge in [0.25, 0.3) is 5.69 Å². The average molecular weight is 403 g/mol. The summed E-state index contributed by atoms with van der Waals surface area (Å²) in [5.74, 6) is -0.0600. The maximum Gasteiger partial charge on any atom is 0.294 e. The van der Waals surface area contributed by atoms with Crippen molar-refractivity contribution in [2.75, 3.05) is 42.9 Å². The lowest BCUT2D eigenvalue weighted by Gasteiger charge is -2.35. The number of carbonyl (C=O) groups is 1. The van der Waals surface area contributed by atoms with Crippen LogP contribution in [0.1, 0.15) is 12.5 Å². The lowest BCUT2D eigenvalue weighted by Crippen LogP contribution is -2.48. The third-order valence-electron chi connectivity index (χ3n) is 4.86. The van der Waals surface area contributed by atoms with Crippen molar-refractivity contribution in [3.8, 4) is 0 Å². The molecule has 0 aromatic heterocycles. The first-order valence-corrected chi connectivity index (χ1v) is 9.64. The van der Waals surface area contributed by atoms with Gasteiger partial charge in [-0.3, -0.25) is 19.8 Å². The SMILES string of the molecule is CCc1ccc(NC(=O)CN2CCN(c3ccc(Cl)cc3[N+](=O)[O-])CC2)cc1. The zero-order valence-electron chi connectivity index (χ0n) is 15.7.